The molecule has 1 aliphatic heterocycles. The Kier molecular flexibility index (Phi) is 5.11. The summed E-state index contributed by atoms with van der Waals surface area (Å²) < 4.78 is 7.47. The highest BCUT2D eigenvalue weighted by atomic mass is 35.5. The molecule has 7 nitrogen and oxygen atoms in total. The predicted octanol–water partition coefficient (Wildman–Crippen LogP) is 5.08. The van der Waals surface area contributed by atoms with Crippen LogP contribution in [0.15, 0.2) is 48.5 Å². The Morgan fingerprint density at radius 1 is 1.25 bits per heavy atom. The molecule has 4 aromatic rings. The average molecular weight is 467 g/mol. The molecule has 9 heteroatoms. The lowest BCUT2D eigenvalue weighted by Gasteiger charge is -2.23. The summed E-state index contributed by atoms with van der Waals surface area (Å²) in [5, 5.41) is 12.0. The second-order valence-electron chi connectivity index (χ2n) is 7.61. The zero-order chi connectivity index (χ0) is 22.4. The number of anilines is 2. The van der Waals surface area contributed by atoms with Crippen LogP contribution in [0.5, 0.6) is 5.75 Å². The van der Waals surface area contributed by atoms with E-state index in [0.717, 1.165) is 21.5 Å². The summed E-state index contributed by atoms with van der Waals surface area (Å²) in [6.07, 6.45) is -0.544. The lowest BCUT2D eigenvalue weighted by atomic mass is 10.2. The summed E-state index contributed by atoms with van der Waals surface area (Å²) in [4.78, 5) is 26.3. The lowest BCUT2D eigenvalue weighted by molar-refractivity contribution is -0.122. The number of aromatic nitrogens is 2. The Labute approximate surface area is 192 Å². The van der Waals surface area contributed by atoms with Crippen LogP contribution in [-0.4, -0.2) is 27.7 Å². The maximum absolute atomic E-state index is 12.9. The zero-order valence-corrected chi connectivity index (χ0v) is 18.9. The maximum atomic E-state index is 12.9. The molecule has 2 N–H and O–H groups in total. The molecule has 162 valence electrons. The molecule has 0 saturated carbocycles. The Morgan fingerprint density at radius 2 is 2.03 bits per heavy atom. The number of aryl methyl sites for hydroxylation is 1. The standard InChI is InChI=1S/C23H19ClN4O3S/c1-12-17-10-20(32-23(17)28(27-12)11-14-3-5-15(24)6-4-14)22(30)25-16-7-8-19-18(9-16)26-21(29)13(2)31-19/h3-10,13H,11H2,1-2H3,(H,25,30)(H,26,29). The van der Waals surface area contributed by atoms with Crippen molar-refractivity contribution in [2.24, 2.45) is 0 Å². The van der Waals surface area contributed by atoms with Crippen LogP contribution >= 0.6 is 22.9 Å². The van der Waals surface area contributed by atoms with Crippen LogP contribution in [0.1, 0.15) is 27.9 Å². The van der Waals surface area contributed by atoms with Gasteiger partial charge in [0.25, 0.3) is 11.8 Å². The van der Waals surface area contributed by atoms with Gasteiger partial charge < -0.3 is 15.4 Å². The van der Waals surface area contributed by atoms with E-state index in [-0.39, 0.29) is 11.8 Å². The summed E-state index contributed by atoms with van der Waals surface area (Å²) in [6, 6.07) is 14.7. The molecule has 0 aliphatic carbocycles. The molecular formula is C23H19ClN4O3S. The lowest BCUT2D eigenvalue weighted by Crippen LogP contribution is -2.34. The van der Waals surface area contributed by atoms with Crippen LogP contribution < -0.4 is 15.4 Å². The predicted molar refractivity (Wildman–Crippen MR) is 126 cm³/mol. The third-order valence-electron chi connectivity index (χ3n) is 5.25. The van der Waals surface area contributed by atoms with Crippen LogP contribution in [0.2, 0.25) is 5.02 Å². The third kappa shape index (κ3) is 3.83. The van der Waals surface area contributed by atoms with Gasteiger partial charge in [-0.15, -0.1) is 11.3 Å². The molecule has 0 bridgehead atoms. The molecule has 5 rings (SSSR count). The van der Waals surface area contributed by atoms with E-state index in [1.54, 1.807) is 25.1 Å². The molecule has 3 heterocycles. The number of halogens is 1. The Hall–Kier alpha value is -3.36. The largest absolute Gasteiger partial charge is 0.479 e. The van der Waals surface area contributed by atoms with Crippen LogP contribution in [0.4, 0.5) is 11.4 Å². The topological polar surface area (TPSA) is 85.3 Å². The van der Waals surface area contributed by atoms with Gasteiger partial charge in [-0.05, 0) is 55.8 Å². The number of hydrogen-bond donors (Lipinski definition) is 2. The van der Waals surface area contributed by atoms with Gasteiger partial charge in [0.15, 0.2) is 6.10 Å². The molecule has 32 heavy (non-hydrogen) atoms. The third-order valence-corrected chi connectivity index (χ3v) is 6.64. The number of fused-ring (bicyclic) bond motifs is 2. The van der Waals surface area contributed by atoms with Crippen molar-refractivity contribution in [3.05, 3.63) is 69.7 Å². The van der Waals surface area contributed by atoms with Gasteiger partial charge in [-0.2, -0.15) is 5.10 Å². The number of thiophene rings is 1. The minimum Gasteiger partial charge on any atom is -0.479 e. The first-order valence-electron chi connectivity index (χ1n) is 10.0. The van der Waals surface area contributed by atoms with E-state index in [1.165, 1.54) is 11.3 Å². The number of benzene rings is 2. The van der Waals surface area contributed by atoms with Crippen molar-refractivity contribution < 1.29 is 14.3 Å². The number of carbonyl (C=O) groups excluding carboxylic acids is 2. The van der Waals surface area contributed by atoms with Gasteiger partial charge in [-0.3, -0.25) is 14.3 Å². The molecule has 2 aromatic carbocycles. The zero-order valence-electron chi connectivity index (χ0n) is 17.3. The number of amides is 2. The van der Waals surface area contributed by atoms with E-state index >= 15 is 0 Å². The monoisotopic (exact) mass is 466 g/mol. The van der Waals surface area contributed by atoms with Crippen molar-refractivity contribution in [1.29, 1.82) is 0 Å². The number of carbonyl (C=O) groups is 2. The second kappa shape index (κ2) is 7.96. The van der Waals surface area contributed by atoms with Crippen molar-refractivity contribution in [1.82, 2.24) is 9.78 Å². The van der Waals surface area contributed by atoms with Crippen LogP contribution in [0.3, 0.4) is 0 Å². The number of nitrogens with zero attached hydrogens (tertiary/aromatic N) is 2. The number of rotatable bonds is 4. The van der Waals surface area contributed by atoms with Gasteiger partial charge in [-0.1, -0.05) is 23.7 Å². The molecule has 2 amide bonds. The van der Waals surface area contributed by atoms with Gasteiger partial charge >= 0.3 is 0 Å². The van der Waals surface area contributed by atoms with Gasteiger partial charge in [0.05, 0.1) is 22.8 Å². The van der Waals surface area contributed by atoms with Gasteiger partial charge in [0.2, 0.25) is 0 Å². The highest BCUT2D eigenvalue weighted by Gasteiger charge is 2.24. The van der Waals surface area contributed by atoms with E-state index in [1.807, 2.05) is 41.9 Å². The number of hydrogen-bond acceptors (Lipinski definition) is 5. The van der Waals surface area contributed by atoms with Crippen molar-refractivity contribution in [3.63, 3.8) is 0 Å². The fourth-order valence-corrected chi connectivity index (χ4v) is 4.76. The minimum absolute atomic E-state index is 0.216. The maximum Gasteiger partial charge on any atom is 0.265 e. The molecule has 2 aromatic heterocycles. The first kappa shape index (κ1) is 20.5. The molecule has 0 fully saturated rings. The van der Waals surface area contributed by atoms with E-state index in [4.69, 9.17) is 16.3 Å². The summed E-state index contributed by atoms with van der Waals surface area (Å²) in [5.74, 6) is 0.140. The van der Waals surface area contributed by atoms with Gasteiger partial charge in [0, 0.05) is 16.1 Å². The van der Waals surface area contributed by atoms with Gasteiger partial charge in [0.1, 0.15) is 10.6 Å². The molecule has 1 unspecified atom stereocenters. The van der Waals surface area contributed by atoms with Crippen molar-refractivity contribution in [2.45, 2.75) is 26.5 Å². The van der Waals surface area contributed by atoms with E-state index in [9.17, 15) is 9.59 Å². The number of ether oxygens (including phenoxy) is 1. The highest BCUT2D eigenvalue weighted by molar-refractivity contribution is 7.20. The minimum atomic E-state index is -0.544. The van der Waals surface area contributed by atoms with Crippen LogP contribution in [0.25, 0.3) is 10.2 Å². The fourth-order valence-electron chi connectivity index (χ4n) is 3.57. The Morgan fingerprint density at radius 3 is 2.81 bits per heavy atom. The summed E-state index contributed by atoms with van der Waals surface area (Å²) >= 11 is 7.37. The summed E-state index contributed by atoms with van der Waals surface area (Å²) in [7, 11) is 0. The van der Waals surface area contributed by atoms with Crippen LogP contribution in [0, 0.1) is 6.92 Å². The van der Waals surface area contributed by atoms with E-state index < -0.39 is 6.10 Å². The number of nitrogens with one attached hydrogen (secondary N) is 2. The van der Waals surface area contributed by atoms with Crippen molar-refractivity contribution >= 4 is 56.3 Å². The fraction of sp³-hybridized carbons (Fsp3) is 0.174. The summed E-state index contributed by atoms with van der Waals surface area (Å²) in [5.41, 5.74) is 3.05. The average Bonchev–Trinajstić information content (AvgIpc) is 3.32. The normalized spacial score (nSPS) is 15.2. The van der Waals surface area contributed by atoms with Crippen LogP contribution in [-0.2, 0) is 11.3 Å². The SMILES string of the molecule is Cc1nn(Cc2ccc(Cl)cc2)c2sc(C(=O)Nc3ccc4c(c3)NC(=O)C(C)O4)cc12. The van der Waals surface area contributed by atoms with E-state index in [0.29, 0.717) is 33.6 Å². The molecule has 0 radical (unpaired) electrons. The first-order valence-corrected chi connectivity index (χ1v) is 11.2. The second-order valence-corrected chi connectivity index (χ2v) is 9.08. The smallest absolute Gasteiger partial charge is 0.265 e. The Balaban J connectivity index is 1.38. The highest BCUT2D eigenvalue weighted by Crippen LogP contribution is 2.33. The Bertz CT molecular complexity index is 1360. The molecule has 0 saturated heterocycles. The molecular weight excluding hydrogens is 448 g/mol. The molecule has 1 aliphatic rings. The molecule has 1 atom stereocenters. The molecule has 0 spiro atoms. The first-order chi connectivity index (χ1) is 15.4. The van der Waals surface area contributed by atoms with Crippen molar-refractivity contribution in [2.75, 3.05) is 10.6 Å². The van der Waals surface area contributed by atoms with E-state index in [2.05, 4.69) is 15.7 Å². The summed E-state index contributed by atoms with van der Waals surface area (Å²) in [6.45, 7) is 4.21. The van der Waals surface area contributed by atoms with Gasteiger partial charge in [-0.25, -0.2) is 0 Å². The van der Waals surface area contributed by atoms with Crippen molar-refractivity contribution in [3.8, 4) is 5.75 Å². The quantitative estimate of drug-likeness (QED) is 0.439.